The Balaban J connectivity index is 1.58. The van der Waals surface area contributed by atoms with E-state index in [9.17, 15) is 14.0 Å². The molecule has 2 amide bonds. The van der Waals surface area contributed by atoms with Gasteiger partial charge in [-0.1, -0.05) is 23.5 Å². The number of anilines is 2. The molecule has 9 nitrogen and oxygen atoms in total. The fourth-order valence-corrected chi connectivity index (χ4v) is 4.54. The molecule has 0 saturated carbocycles. The van der Waals surface area contributed by atoms with Gasteiger partial charge in [-0.15, -0.1) is 0 Å². The normalized spacial score (nSPS) is 14.6. The fraction of sp³-hybridized carbons (Fsp3) is 0.391. The van der Waals surface area contributed by atoms with Crippen molar-refractivity contribution in [2.45, 2.75) is 45.3 Å². The fourth-order valence-electron chi connectivity index (χ4n) is 3.57. The number of piperidine rings is 1. The van der Waals surface area contributed by atoms with Gasteiger partial charge in [-0.2, -0.15) is 5.10 Å². The smallest absolute Gasteiger partial charge is 0.412 e. The molecule has 1 aromatic carbocycles. The van der Waals surface area contributed by atoms with Crippen LogP contribution in [0.5, 0.6) is 0 Å². The molecule has 0 radical (unpaired) electrons. The van der Waals surface area contributed by atoms with E-state index in [2.05, 4.69) is 26.0 Å². The third-order valence-electron chi connectivity index (χ3n) is 5.10. The molecule has 4 rings (SSSR count). The summed E-state index contributed by atoms with van der Waals surface area (Å²) in [5, 5.41) is 13.5. The highest BCUT2D eigenvalue weighted by Gasteiger charge is 2.25. The highest BCUT2D eigenvalue weighted by atomic mass is 32.1. The van der Waals surface area contributed by atoms with E-state index in [-0.39, 0.29) is 27.3 Å². The topological polar surface area (TPSA) is 110 Å². The molecule has 3 heterocycles. The molecule has 0 unspecified atom stereocenters. The Kier molecular flexibility index (Phi) is 6.94. The lowest BCUT2D eigenvalue weighted by atomic mass is 10.1. The number of carbonyl (C=O) groups is 2. The van der Waals surface area contributed by atoms with Crippen molar-refractivity contribution < 1.29 is 18.7 Å². The van der Waals surface area contributed by atoms with E-state index in [0.717, 1.165) is 37.3 Å². The second-order valence-corrected chi connectivity index (χ2v) is 9.95. The first-order valence-electron chi connectivity index (χ1n) is 11.0. The van der Waals surface area contributed by atoms with Crippen molar-refractivity contribution in [3.8, 4) is 10.6 Å². The van der Waals surface area contributed by atoms with E-state index in [1.54, 1.807) is 51.4 Å². The van der Waals surface area contributed by atoms with Crippen LogP contribution in [0.15, 0.2) is 36.7 Å². The van der Waals surface area contributed by atoms with Crippen LogP contribution in [0, 0.1) is 5.82 Å². The highest BCUT2D eigenvalue weighted by Crippen LogP contribution is 2.34. The van der Waals surface area contributed by atoms with Gasteiger partial charge in [0.25, 0.3) is 5.91 Å². The van der Waals surface area contributed by atoms with Crippen LogP contribution < -0.4 is 16.0 Å². The monoisotopic (exact) mass is 486 g/mol. The number of thiazole rings is 1. The van der Waals surface area contributed by atoms with Crippen LogP contribution >= 0.6 is 11.3 Å². The third-order valence-corrected chi connectivity index (χ3v) is 6.11. The lowest BCUT2D eigenvalue weighted by Gasteiger charge is -2.22. The summed E-state index contributed by atoms with van der Waals surface area (Å²) in [5.41, 5.74) is -0.0251. The van der Waals surface area contributed by atoms with E-state index in [1.807, 2.05) is 4.68 Å². The Morgan fingerprint density at radius 2 is 1.94 bits per heavy atom. The van der Waals surface area contributed by atoms with E-state index < -0.39 is 23.4 Å². The van der Waals surface area contributed by atoms with Gasteiger partial charge in [0, 0.05) is 11.8 Å². The van der Waals surface area contributed by atoms with Crippen molar-refractivity contribution in [2.75, 3.05) is 23.7 Å². The molecule has 34 heavy (non-hydrogen) atoms. The maximum atomic E-state index is 14.4. The quantitative estimate of drug-likeness (QED) is 0.483. The van der Waals surface area contributed by atoms with Gasteiger partial charge in [-0.3, -0.25) is 14.8 Å². The van der Waals surface area contributed by atoms with E-state index in [4.69, 9.17) is 4.74 Å². The number of amides is 2. The maximum Gasteiger partial charge on any atom is 0.412 e. The molecule has 11 heteroatoms. The Morgan fingerprint density at radius 3 is 2.65 bits per heavy atom. The SMILES string of the molecule is CC(C)(C)OC(=O)Nc1sc(-c2ccccc2F)nc1C(=O)Nc1cnn(C2CCNCC2)c1. The molecule has 3 aromatic rings. The second kappa shape index (κ2) is 9.90. The zero-order chi connectivity index (χ0) is 24.3. The van der Waals surface area contributed by atoms with Crippen LogP contribution in [0.4, 0.5) is 19.9 Å². The molecule has 2 aromatic heterocycles. The largest absolute Gasteiger partial charge is 0.444 e. The molecule has 180 valence electrons. The van der Waals surface area contributed by atoms with Crippen molar-refractivity contribution >= 4 is 34.0 Å². The number of aromatic nitrogens is 3. The number of ether oxygens (including phenoxy) is 1. The van der Waals surface area contributed by atoms with E-state index in [1.165, 1.54) is 6.07 Å². The number of benzene rings is 1. The number of rotatable bonds is 5. The van der Waals surface area contributed by atoms with Gasteiger partial charge < -0.3 is 15.4 Å². The molecule has 1 saturated heterocycles. The number of hydrogen-bond donors (Lipinski definition) is 3. The molecule has 0 bridgehead atoms. The third kappa shape index (κ3) is 5.78. The summed E-state index contributed by atoms with van der Waals surface area (Å²) >= 11 is 0.996. The number of carbonyl (C=O) groups excluding carboxylic acids is 2. The first-order chi connectivity index (χ1) is 16.2. The lowest BCUT2D eigenvalue weighted by molar-refractivity contribution is 0.0636. The number of nitrogens with zero attached hydrogens (tertiary/aromatic N) is 3. The summed E-state index contributed by atoms with van der Waals surface area (Å²) in [6.07, 6.45) is 4.53. The molecule has 1 aliphatic heterocycles. The predicted molar refractivity (Wildman–Crippen MR) is 129 cm³/mol. The summed E-state index contributed by atoms with van der Waals surface area (Å²) in [6, 6.07) is 6.39. The Bertz CT molecular complexity index is 1180. The standard InChI is InChI=1S/C23H27FN6O3S/c1-23(2,3)33-22(32)29-21-18(28-20(34-21)16-6-4-5-7-17(16)24)19(31)27-14-12-26-30(13-14)15-8-10-25-11-9-15/h4-7,12-13,15,25H,8-11H2,1-3H3,(H,27,31)(H,29,32). The molecule has 0 aliphatic carbocycles. The highest BCUT2D eigenvalue weighted by molar-refractivity contribution is 7.19. The van der Waals surface area contributed by atoms with Crippen molar-refractivity contribution in [1.29, 1.82) is 0 Å². The number of halogens is 1. The average molecular weight is 487 g/mol. The minimum absolute atomic E-state index is 0.0382. The van der Waals surface area contributed by atoms with Gasteiger partial charge in [0.1, 0.15) is 21.4 Å². The minimum atomic E-state index is -0.732. The van der Waals surface area contributed by atoms with Gasteiger partial charge in [-0.25, -0.2) is 14.2 Å². The van der Waals surface area contributed by atoms with Crippen LogP contribution in [-0.2, 0) is 4.74 Å². The Morgan fingerprint density at radius 1 is 1.21 bits per heavy atom. The maximum absolute atomic E-state index is 14.4. The lowest BCUT2D eigenvalue weighted by Crippen LogP contribution is -2.29. The van der Waals surface area contributed by atoms with Gasteiger partial charge >= 0.3 is 6.09 Å². The molecule has 0 atom stereocenters. The van der Waals surface area contributed by atoms with Crippen molar-refractivity contribution in [3.05, 3.63) is 48.2 Å². The summed E-state index contributed by atoms with van der Waals surface area (Å²) < 4.78 is 21.5. The summed E-state index contributed by atoms with van der Waals surface area (Å²) in [7, 11) is 0. The molecule has 3 N–H and O–H groups in total. The van der Waals surface area contributed by atoms with E-state index in [0.29, 0.717) is 5.69 Å². The van der Waals surface area contributed by atoms with Crippen LogP contribution in [0.25, 0.3) is 10.6 Å². The van der Waals surface area contributed by atoms with Gasteiger partial charge in [0.15, 0.2) is 5.69 Å². The molecule has 0 spiro atoms. The summed E-state index contributed by atoms with van der Waals surface area (Å²) in [5.74, 6) is -1.02. The number of hydrogen-bond acceptors (Lipinski definition) is 7. The van der Waals surface area contributed by atoms with Gasteiger partial charge in [-0.05, 0) is 58.8 Å². The second-order valence-electron chi connectivity index (χ2n) is 8.95. The molecule has 1 aliphatic rings. The molecular weight excluding hydrogens is 459 g/mol. The van der Waals surface area contributed by atoms with Crippen molar-refractivity contribution in [1.82, 2.24) is 20.1 Å². The Labute approximate surface area is 200 Å². The van der Waals surface area contributed by atoms with Crippen LogP contribution in [0.3, 0.4) is 0 Å². The van der Waals surface area contributed by atoms with E-state index >= 15 is 0 Å². The van der Waals surface area contributed by atoms with Crippen molar-refractivity contribution in [2.24, 2.45) is 0 Å². The van der Waals surface area contributed by atoms with Crippen LogP contribution in [0.1, 0.15) is 50.1 Å². The van der Waals surface area contributed by atoms with Crippen LogP contribution in [-0.4, -0.2) is 45.5 Å². The summed E-state index contributed by atoms with van der Waals surface area (Å²) in [6.45, 7) is 7.04. The molecule has 1 fully saturated rings. The van der Waals surface area contributed by atoms with Crippen LogP contribution in [0.2, 0.25) is 0 Å². The summed E-state index contributed by atoms with van der Waals surface area (Å²) in [4.78, 5) is 29.8. The average Bonchev–Trinajstić information content (AvgIpc) is 3.41. The molecular formula is C23H27FN6O3S. The predicted octanol–water partition coefficient (Wildman–Crippen LogP) is 4.67. The van der Waals surface area contributed by atoms with Crippen molar-refractivity contribution in [3.63, 3.8) is 0 Å². The number of nitrogens with one attached hydrogen (secondary N) is 3. The Hall–Kier alpha value is -3.31. The van der Waals surface area contributed by atoms with Gasteiger partial charge in [0.05, 0.1) is 17.9 Å². The zero-order valence-electron chi connectivity index (χ0n) is 19.2. The minimum Gasteiger partial charge on any atom is -0.444 e. The first-order valence-corrected chi connectivity index (χ1v) is 11.8. The van der Waals surface area contributed by atoms with Gasteiger partial charge in [0.2, 0.25) is 0 Å². The zero-order valence-corrected chi connectivity index (χ0v) is 20.0. The first kappa shape index (κ1) is 23.8.